The van der Waals surface area contributed by atoms with E-state index in [0.717, 1.165) is 5.56 Å². The number of hydrogen-bond donors (Lipinski definition) is 2. The summed E-state index contributed by atoms with van der Waals surface area (Å²) in [7, 11) is 0. The standard InChI is InChI=1S/C15H17NO6/c17-12(10-11-4-2-1-3-5-11)21-8-9-22-14(20)16-15(6-7-15)13(18)19/h1-5H,6-10H2,(H,16,20)(H,18,19). The van der Waals surface area contributed by atoms with Crippen LogP contribution in [0.4, 0.5) is 4.79 Å². The Labute approximate surface area is 127 Å². The number of aliphatic carboxylic acids is 1. The lowest BCUT2D eigenvalue weighted by Gasteiger charge is -2.12. The van der Waals surface area contributed by atoms with Crippen LogP contribution < -0.4 is 5.32 Å². The minimum absolute atomic E-state index is 0.0703. The molecule has 1 fully saturated rings. The van der Waals surface area contributed by atoms with Gasteiger partial charge in [0.25, 0.3) is 0 Å². The SMILES string of the molecule is O=C(Cc1ccccc1)OCCOC(=O)NC1(C(=O)O)CC1. The number of benzene rings is 1. The van der Waals surface area contributed by atoms with E-state index < -0.39 is 23.6 Å². The Morgan fingerprint density at radius 3 is 2.32 bits per heavy atom. The summed E-state index contributed by atoms with van der Waals surface area (Å²) in [5.74, 6) is -1.49. The van der Waals surface area contributed by atoms with Crippen LogP contribution in [0.2, 0.25) is 0 Å². The molecule has 2 rings (SSSR count). The minimum atomic E-state index is -1.18. The van der Waals surface area contributed by atoms with Crippen molar-refractivity contribution < 1.29 is 29.0 Å². The Hall–Kier alpha value is -2.57. The Kier molecular flexibility index (Phi) is 4.98. The van der Waals surface area contributed by atoms with Gasteiger partial charge in [0, 0.05) is 0 Å². The molecule has 1 amide bonds. The van der Waals surface area contributed by atoms with E-state index in [1.807, 2.05) is 30.3 Å². The molecular formula is C15H17NO6. The summed E-state index contributed by atoms with van der Waals surface area (Å²) in [5, 5.41) is 11.2. The number of alkyl carbamates (subject to hydrolysis) is 1. The van der Waals surface area contributed by atoms with E-state index in [4.69, 9.17) is 14.6 Å². The van der Waals surface area contributed by atoms with Crippen LogP contribution in [0.1, 0.15) is 18.4 Å². The van der Waals surface area contributed by atoms with E-state index >= 15 is 0 Å². The highest BCUT2D eigenvalue weighted by Crippen LogP contribution is 2.35. The van der Waals surface area contributed by atoms with Crippen LogP contribution in [0, 0.1) is 0 Å². The number of hydrogen-bond acceptors (Lipinski definition) is 5. The van der Waals surface area contributed by atoms with Crippen molar-refractivity contribution >= 4 is 18.0 Å². The van der Waals surface area contributed by atoms with Crippen molar-refractivity contribution in [2.45, 2.75) is 24.8 Å². The van der Waals surface area contributed by atoms with Crippen LogP contribution in [0.25, 0.3) is 0 Å². The van der Waals surface area contributed by atoms with Gasteiger partial charge < -0.3 is 19.9 Å². The maximum absolute atomic E-state index is 11.5. The highest BCUT2D eigenvalue weighted by molar-refractivity contribution is 5.87. The predicted molar refractivity (Wildman–Crippen MR) is 75.2 cm³/mol. The highest BCUT2D eigenvalue weighted by Gasteiger charge is 2.52. The van der Waals surface area contributed by atoms with Crippen molar-refractivity contribution in [2.75, 3.05) is 13.2 Å². The molecule has 2 N–H and O–H groups in total. The molecule has 0 heterocycles. The maximum Gasteiger partial charge on any atom is 0.408 e. The van der Waals surface area contributed by atoms with E-state index in [1.54, 1.807) is 0 Å². The molecule has 0 saturated heterocycles. The Morgan fingerprint density at radius 2 is 1.73 bits per heavy atom. The van der Waals surface area contributed by atoms with Crippen LogP contribution in [0.5, 0.6) is 0 Å². The molecule has 7 nitrogen and oxygen atoms in total. The molecule has 1 saturated carbocycles. The Bertz CT molecular complexity index is 552. The number of esters is 1. The lowest BCUT2D eigenvalue weighted by atomic mass is 10.2. The van der Waals surface area contributed by atoms with E-state index in [-0.39, 0.29) is 19.6 Å². The molecule has 0 aromatic heterocycles. The molecule has 118 valence electrons. The zero-order chi connectivity index (χ0) is 16.0. The second-order valence-corrected chi connectivity index (χ2v) is 5.03. The molecule has 0 unspecified atom stereocenters. The van der Waals surface area contributed by atoms with Crippen LogP contribution in [0.15, 0.2) is 30.3 Å². The average molecular weight is 307 g/mol. The molecule has 22 heavy (non-hydrogen) atoms. The fourth-order valence-corrected chi connectivity index (χ4v) is 1.85. The van der Waals surface area contributed by atoms with Gasteiger partial charge in [0.1, 0.15) is 18.8 Å². The van der Waals surface area contributed by atoms with Gasteiger partial charge in [-0.1, -0.05) is 30.3 Å². The lowest BCUT2D eigenvalue weighted by molar-refractivity contribution is -0.143. The molecule has 1 aromatic carbocycles. The summed E-state index contributed by atoms with van der Waals surface area (Å²) in [6, 6.07) is 9.13. The molecular weight excluding hydrogens is 290 g/mol. The lowest BCUT2D eigenvalue weighted by Crippen LogP contribution is -2.43. The highest BCUT2D eigenvalue weighted by atomic mass is 16.6. The first-order chi connectivity index (χ1) is 10.5. The molecule has 7 heteroatoms. The van der Waals surface area contributed by atoms with E-state index in [1.165, 1.54) is 0 Å². The van der Waals surface area contributed by atoms with Gasteiger partial charge in [-0.05, 0) is 18.4 Å². The largest absolute Gasteiger partial charge is 0.480 e. The van der Waals surface area contributed by atoms with E-state index in [0.29, 0.717) is 12.8 Å². The topological polar surface area (TPSA) is 102 Å². The number of nitrogens with one attached hydrogen (secondary N) is 1. The van der Waals surface area contributed by atoms with Gasteiger partial charge in [0.15, 0.2) is 0 Å². The third-order valence-corrected chi connectivity index (χ3v) is 3.27. The van der Waals surface area contributed by atoms with Crippen LogP contribution in [-0.4, -0.2) is 41.9 Å². The first-order valence-electron chi connectivity index (χ1n) is 6.90. The molecule has 0 atom stereocenters. The molecule has 0 aliphatic heterocycles. The van der Waals surface area contributed by atoms with Crippen molar-refractivity contribution in [1.82, 2.24) is 5.32 Å². The van der Waals surface area contributed by atoms with Crippen molar-refractivity contribution in [3.05, 3.63) is 35.9 Å². The normalized spacial score (nSPS) is 14.7. The third kappa shape index (κ3) is 4.47. The summed E-state index contributed by atoms with van der Waals surface area (Å²) in [6.45, 7) is -0.193. The minimum Gasteiger partial charge on any atom is -0.480 e. The van der Waals surface area contributed by atoms with E-state index in [2.05, 4.69) is 5.32 Å². The summed E-state index contributed by atoms with van der Waals surface area (Å²) in [5.41, 5.74) is -0.343. The van der Waals surface area contributed by atoms with Gasteiger partial charge in [-0.3, -0.25) is 4.79 Å². The number of ether oxygens (including phenoxy) is 2. The molecule has 0 radical (unpaired) electrons. The Balaban J connectivity index is 1.60. The van der Waals surface area contributed by atoms with Crippen molar-refractivity contribution in [3.63, 3.8) is 0 Å². The van der Waals surface area contributed by atoms with Crippen LogP contribution in [-0.2, 0) is 25.5 Å². The van der Waals surface area contributed by atoms with Gasteiger partial charge in [0.2, 0.25) is 0 Å². The van der Waals surface area contributed by atoms with Crippen LogP contribution >= 0.6 is 0 Å². The number of carbonyl (C=O) groups excluding carboxylic acids is 2. The smallest absolute Gasteiger partial charge is 0.408 e. The number of carboxylic acids is 1. The van der Waals surface area contributed by atoms with Crippen molar-refractivity contribution in [3.8, 4) is 0 Å². The first-order valence-corrected chi connectivity index (χ1v) is 6.90. The van der Waals surface area contributed by atoms with Gasteiger partial charge in [-0.25, -0.2) is 9.59 Å². The third-order valence-electron chi connectivity index (χ3n) is 3.27. The molecule has 1 aliphatic rings. The Morgan fingerprint density at radius 1 is 1.09 bits per heavy atom. The van der Waals surface area contributed by atoms with Gasteiger partial charge in [0.05, 0.1) is 6.42 Å². The van der Waals surface area contributed by atoms with Gasteiger partial charge >= 0.3 is 18.0 Å². The summed E-state index contributed by atoms with van der Waals surface area (Å²) < 4.78 is 9.71. The number of carboxylic acid groups (broad SMARTS) is 1. The molecule has 1 aliphatic carbocycles. The molecule has 1 aromatic rings. The average Bonchev–Trinajstić information content (AvgIpc) is 3.25. The zero-order valence-corrected chi connectivity index (χ0v) is 11.9. The number of carbonyl (C=O) groups is 3. The van der Waals surface area contributed by atoms with Gasteiger partial charge in [-0.15, -0.1) is 0 Å². The van der Waals surface area contributed by atoms with Crippen molar-refractivity contribution in [2.24, 2.45) is 0 Å². The molecule has 0 spiro atoms. The second-order valence-electron chi connectivity index (χ2n) is 5.03. The zero-order valence-electron chi connectivity index (χ0n) is 11.9. The van der Waals surface area contributed by atoms with Gasteiger partial charge in [-0.2, -0.15) is 0 Å². The van der Waals surface area contributed by atoms with Crippen LogP contribution in [0.3, 0.4) is 0 Å². The summed E-state index contributed by atoms with van der Waals surface area (Å²) in [6.07, 6.45) is 0.112. The second kappa shape index (κ2) is 6.93. The predicted octanol–water partition coefficient (Wildman–Crippen LogP) is 1.12. The van der Waals surface area contributed by atoms with E-state index in [9.17, 15) is 14.4 Å². The molecule has 0 bridgehead atoms. The number of amides is 1. The first kappa shape index (κ1) is 15.8. The number of rotatable bonds is 7. The fourth-order valence-electron chi connectivity index (χ4n) is 1.85. The summed E-state index contributed by atoms with van der Waals surface area (Å²) >= 11 is 0. The quantitative estimate of drug-likeness (QED) is 0.578. The summed E-state index contributed by atoms with van der Waals surface area (Å²) in [4.78, 5) is 33.8. The monoisotopic (exact) mass is 307 g/mol. The fraction of sp³-hybridized carbons (Fsp3) is 0.400. The maximum atomic E-state index is 11.5. The van der Waals surface area contributed by atoms with Crippen molar-refractivity contribution in [1.29, 1.82) is 0 Å².